The van der Waals surface area contributed by atoms with Gasteiger partial charge in [0.15, 0.2) is 5.78 Å². The second kappa shape index (κ2) is 4.68. The summed E-state index contributed by atoms with van der Waals surface area (Å²) in [4.78, 5) is 15.9. The van der Waals surface area contributed by atoms with Crippen molar-refractivity contribution >= 4 is 5.78 Å². The van der Waals surface area contributed by atoms with Crippen LogP contribution in [0.25, 0.3) is 11.3 Å². The zero-order valence-electron chi connectivity index (χ0n) is 8.76. The molecular formula is C13H12N2O. The number of hydrogen-bond donors (Lipinski definition) is 1. The van der Waals surface area contributed by atoms with Gasteiger partial charge in [-0.25, -0.2) is 0 Å². The lowest BCUT2D eigenvalue weighted by Gasteiger charge is -2.06. The molecule has 2 N–H and O–H groups in total. The third-order valence-corrected chi connectivity index (χ3v) is 2.34. The predicted molar refractivity (Wildman–Crippen MR) is 63.1 cm³/mol. The number of hydrogen-bond acceptors (Lipinski definition) is 3. The van der Waals surface area contributed by atoms with Gasteiger partial charge in [-0.15, -0.1) is 0 Å². The minimum atomic E-state index is -0.0908. The molecule has 0 unspecified atom stereocenters. The minimum Gasteiger partial charge on any atom is -0.324 e. The van der Waals surface area contributed by atoms with Crippen molar-refractivity contribution in [2.75, 3.05) is 6.54 Å². The quantitative estimate of drug-likeness (QED) is 0.790. The molecule has 1 aromatic heterocycles. The lowest BCUT2D eigenvalue weighted by Crippen LogP contribution is -2.15. The number of nitrogens with zero attached hydrogens (tertiary/aromatic N) is 1. The summed E-state index contributed by atoms with van der Waals surface area (Å²) in [6.07, 6.45) is 1.68. The molecule has 0 amide bonds. The van der Waals surface area contributed by atoms with Crippen molar-refractivity contribution in [1.82, 2.24) is 4.98 Å². The van der Waals surface area contributed by atoms with E-state index in [1.807, 2.05) is 30.3 Å². The molecule has 80 valence electrons. The Hall–Kier alpha value is -2.00. The Morgan fingerprint density at radius 1 is 1.12 bits per heavy atom. The molecule has 0 atom stereocenters. The number of nitrogens with two attached hydrogens (primary N) is 1. The molecule has 0 fully saturated rings. The summed E-state index contributed by atoms with van der Waals surface area (Å²) in [5, 5.41) is 0. The monoisotopic (exact) mass is 212 g/mol. The first kappa shape index (κ1) is 10.5. The van der Waals surface area contributed by atoms with Gasteiger partial charge in [0.1, 0.15) is 0 Å². The van der Waals surface area contributed by atoms with Gasteiger partial charge in [0.25, 0.3) is 0 Å². The zero-order valence-corrected chi connectivity index (χ0v) is 8.76. The van der Waals surface area contributed by atoms with E-state index in [0.717, 1.165) is 5.56 Å². The lowest BCUT2D eigenvalue weighted by molar-refractivity contribution is 0.100. The van der Waals surface area contributed by atoms with E-state index in [4.69, 9.17) is 5.73 Å². The van der Waals surface area contributed by atoms with Gasteiger partial charge >= 0.3 is 0 Å². The summed E-state index contributed by atoms with van der Waals surface area (Å²) in [6, 6.07) is 13.1. The van der Waals surface area contributed by atoms with Gasteiger partial charge in [0, 0.05) is 17.3 Å². The molecule has 0 aliphatic heterocycles. The van der Waals surface area contributed by atoms with Gasteiger partial charge in [-0.3, -0.25) is 9.78 Å². The maximum absolute atomic E-state index is 11.6. The second-order valence-corrected chi connectivity index (χ2v) is 3.39. The van der Waals surface area contributed by atoms with E-state index in [1.165, 1.54) is 0 Å². The van der Waals surface area contributed by atoms with Crippen LogP contribution in [0.5, 0.6) is 0 Å². The molecule has 16 heavy (non-hydrogen) atoms. The summed E-state index contributed by atoms with van der Waals surface area (Å²) in [7, 11) is 0. The Labute approximate surface area is 93.9 Å². The van der Waals surface area contributed by atoms with Crippen LogP contribution in [0.4, 0.5) is 0 Å². The van der Waals surface area contributed by atoms with Crippen molar-refractivity contribution in [3.05, 3.63) is 54.2 Å². The molecule has 2 aromatic rings. The molecule has 0 radical (unpaired) electrons. The molecule has 1 aromatic carbocycles. The van der Waals surface area contributed by atoms with Gasteiger partial charge < -0.3 is 5.73 Å². The third-order valence-electron chi connectivity index (χ3n) is 2.34. The van der Waals surface area contributed by atoms with Gasteiger partial charge in [0.05, 0.1) is 12.2 Å². The van der Waals surface area contributed by atoms with Crippen molar-refractivity contribution in [3.8, 4) is 11.3 Å². The Kier molecular flexibility index (Phi) is 3.08. The van der Waals surface area contributed by atoms with Crippen molar-refractivity contribution in [3.63, 3.8) is 0 Å². The van der Waals surface area contributed by atoms with Gasteiger partial charge in [0.2, 0.25) is 0 Å². The van der Waals surface area contributed by atoms with Crippen molar-refractivity contribution in [2.24, 2.45) is 5.73 Å². The molecule has 0 aliphatic carbocycles. The number of carbonyl (C=O) groups excluding carboxylic acids is 1. The van der Waals surface area contributed by atoms with Crippen LogP contribution < -0.4 is 5.73 Å². The van der Waals surface area contributed by atoms with Crippen LogP contribution in [0.15, 0.2) is 48.7 Å². The molecule has 0 saturated heterocycles. The van der Waals surface area contributed by atoms with Crippen molar-refractivity contribution < 1.29 is 4.79 Å². The van der Waals surface area contributed by atoms with E-state index in [1.54, 1.807) is 18.3 Å². The normalized spacial score (nSPS) is 10.1. The zero-order chi connectivity index (χ0) is 11.4. The standard InChI is InChI=1S/C13H12N2O/c14-9-12(16)11-7-4-8-15-13(11)10-5-2-1-3-6-10/h1-8H,9,14H2. The molecule has 3 heteroatoms. The predicted octanol–water partition coefficient (Wildman–Crippen LogP) is 1.89. The van der Waals surface area contributed by atoms with Crippen LogP contribution in [0.1, 0.15) is 10.4 Å². The van der Waals surface area contributed by atoms with E-state index in [9.17, 15) is 4.79 Å². The molecule has 1 heterocycles. The van der Waals surface area contributed by atoms with E-state index >= 15 is 0 Å². The van der Waals surface area contributed by atoms with Crippen molar-refractivity contribution in [1.29, 1.82) is 0 Å². The fourth-order valence-electron chi connectivity index (χ4n) is 1.57. The van der Waals surface area contributed by atoms with Crippen LogP contribution in [-0.4, -0.2) is 17.3 Å². The number of aromatic nitrogens is 1. The highest BCUT2D eigenvalue weighted by molar-refractivity contribution is 6.02. The first-order valence-corrected chi connectivity index (χ1v) is 5.06. The highest BCUT2D eigenvalue weighted by Crippen LogP contribution is 2.20. The van der Waals surface area contributed by atoms with Crippen LogP contribution in [0.2, 0.25) is 0 Å². The fraction of sp³-hybridized carbons (Fsp3) is 0.0769. The summed E-state index contributed by atoms with van der Waals surface area (Å²) >= 11 is 0. The molecule has 3 nitrogen and oxygen atoms in total. The number of Topliss-reactive ketones (excluding diaryl/α,β-unsaturated/α-hetero) is 1. The first-order chi connectivity index (χ1) is 7.83. The number of ketones is 1. The van der Waals surface area contributed by atoms with Crippen LogP contribution in [0.3, 0.4) is 0 Å². The minimum absolute atomic E-state index is 0.00548. The Morgan fingerprint density at radius 2 is 1.88 bits per heavy atom. The summed E-state index contributed by atoms with van der Waals surface area (Å²) in [5.74, 6) is -0.0908. The highest BCUT2D eigenvalue weighted by Gasteiger charge is 2.11. The molecule has 2 rings (SSSR count). The van der Waals surface area contributed by atoms with E-state index in [-0.39, 0.29) is 12.3 Å². The summed E-state index contributed by atoms with van der Waals surface area (Å²) in [6.45, 7) is 0.00548. The highest BCUT2D eigenvalue weighted by atomic mass is 16.1. The first-order valence-electron chi connectivity index (χ1n) is 5.06. The van der Waals surface area contributed by atoms with Crippen LogP contribution >= 0.6 is 0 Å². The number of pyridine rings is 1. The lowest BCUT2D eigenvalue weighted by atomic mass is 10.0. The Balaban J connectivity index is 2.53. The van der Waals surface area contributed by atoms with Crippen LogP contribution in [0, 0.1) is 0 Å². The molecular weight excluding hydrogens is 200 g/mol. The SMILES string of the molecule is NCC(=O)c1cccnc1-c1ccccc1. The summed E-state index contributed by atoms with van der Waals surface area (Å²) in [5.41, 5.74) is 7.58. The number of benzene rings is 1. The van der Waals surface area contributed by atoms with E-state index < -0.39 is 0 Å². The maximum Gasteiger partial charge on any atom is 0.178 e. The third kappa shape index (κ3) is 1.99. The van der Waals surface area contributed by atoms with E-state index in [0.29, 0.717) is 11.3 Å². The topological polar surface area (TPSA) is 56.0 Å². The Bertz CT molecular complexity index is 494. The van der Waals surface area contributed by atoms with E-state index in [2.05, 4.69) is 4.98 Å². The number of rotatable bonds is 3. The van der Waals surface area contributed by atoms with Crippen molar-refractivity contribution in [2.45, 2.75) is 0 Å². The Morgan fingerprint density at radius 3 is 2.56 bits per heavy atom. The maximum atomic E-state index is 11.6. The smallest absolute Gasteiger partial charge is 0.178 e. The molecule has 0 spiro atoms. The fourth-order valence-corrected chi connectivity index (χ4v) is 1.57. The molecule has 0 bridgehead atoms. The second-order valence-electron chi connectivity index (χ2n) is 3.39. The van der Waals surface area contributed by atoms with Gasteiger partial charge in [-0.05, 0) is 12.1 Å². The molecule has 0 saturated carbocycles. The van der Waals surface area contributed by atoms with Gasteiger partial charge in [-0.1, -0.05) is 30.3 Å². The molecule has 0 aliphatic rings. The van der Waals surface area contributed by atoms with Gasteiger partial charge in [-0.2, -0.15) is 0 Å². The largest absolute Gasteiger partial charge is 0.324 e. The average Bonchev–Trinajstić information content (AvgIpc) is 2.39. The van der Waals surface area contributed by atoms with Crippen LogP contribution in [-0.2, 0) is 0 Å². The average molecular weight is 212 g/mol. The number of carbonyl (C=O) groups is 1. The summed E-state index contributed by atoms with van der Waals surface area (Å²) < 4.78 is 0.